The van der Waals surface area contributed by atoms with Crippen LogP contribution in [-0.2, 0) is 6.18 Å². The Labute approximate surface area is 89.1 Å². The lowest BCUT2D eigenvalue weighted by Gasteiger charge is -2.13. The van der Waals surface area contributed by atoms with Crippen molar-refractivity contribution >= 4 is 0 Å². The van der Waals surface area contributed by atoms with E-state index in [0.717, 1.165) is 19.3 Å². The SMILES string of the molecule is O=c1cc(C(F)(F)F)ncn1C1CCNC1. The summed E-state index contributed by atoms with van der Waals surface area (Å²) in [6, 6.07) is 0.445. The second-order valence-electron chi connectivity index (χ2n) is 3.66. The molecule has 0 aliphatic carbocycles. The molecule has 1 unspecified atom stereocenters. The van der Waals surface area contributed by atoms with Crippen LogP contribution in [0.4, 0.5) is 13.2 Å². The first-order valence-corrected chi connectivity index (χ1v) is 4.84. The lowest BCUT2D eigenvalue weighted by Crippen LogP contribution is -2.28. The molecule has 1 saturated heterocycles. The molecule has 7 heteroatoms. The molecule has 0 spiro atoms. The Hall–Kier alpha value is -1.37. The van der Waals surface area contributed by atoms with Crippen LogP contribution in [-0.4, -0.2) is 22.6 Å². The van der Waals surface area contributed by atoms with E-state index < -0.39 is 17.4 Å². The Morgan fingerprint density at radius 2 is 2.25 bits per heavy atom. The number of halogens is 3. The average Bonchev–Trinajstić information content (AvgIpc) is 2.69. The fourth-order valence-electron chi connectivity index (χ4n) is 1.72. The van der Waals surface area contributed by atoms with Crippen molar-refractivity contribution in [3.63, 3.8) is 0 Å². The van der Waals surface area contributed by atoms with Gasteiger partial charge in [0.15, 0.2) is 5.69 Å². The summed E-state index contributed by atoms with van der Waals surface area (Å²) in [6.45, 7) is 1.35. The number of hydrogen-bond donors (Lipinski definition) is 1. The summed E-state index contributed by atoms with van der Waals surface area (Å²) < 4.78 is 38.0. The van der Waals surface area contributed by atoms with Crippen LogP contribution in [0.1, 0.15) is 18.2 Å². The summed E-state index contributed by atoms with van der Waals surface area (Å²) in [5.41, 5.74) is -1.80. The Bertz CT molecular complexity index is 434. The molecular weight excluding hydrogens is 223 g/mol. The minimum absolute atomic E-state index is 0.0951. The Balaban J connectivity index is 2.33. The van der Waals surface area contributed by atoms with Gasteiger partial charge in [0.1, 0.15) is 0 Å². The normalized spacial score (nSPS) is 21.3. The summed E-state index contributed by atoms with van der Waals surface area (Å²) in [6.07, 6.45) is -2.86. The van der Waals surface area contributed by atoms with E-state index in [9.17, 15) is 18.0 Å². The predicted octanol–water partition coefficient (Wildman–Crippen LogP) is 0.796. The maximum atomic E-state index is 12.3. The molecule has 2 heterocycles. The molecule has 0 bridgehead atoms. The van der Waals surface area contributed by atoms with Crippen LogP contribution < -0.4 is 10.9 Å². The summed E-state index contributed by atoms with van der Waals surface area (Å²) in [4.78, 5) is 14.7. The van der Waals surface area contributed by atoms with E-state index in [1.807, 2.05) is 0 Å². The predicted molar refractivity (Wildman–Crippen MR) is 50.0 cm³/mol. The zero-order valence-electron chi connectivity index (χ0n) is 8.29. The van der Waals surface area contributed by atoms with Gasteiger partial charge in [0.2, 0.25) is 0 Å². The number of hydrogen-bond acceptors (Lipinski definition) is 3. The standard InChI is InChI=1S/C9H10F3N3O/c10-9(11,12)7-3-8(16)15(5-14-7)6-1-2-13-4-6/h3,5-6,13H,1-2,4H2. The van der Waals surface area contributed by atoms with Crippen LogP contribution in [0, 0.1) is 0 Å². The first kappa shape index (κ1) is 11.1. The van der Waals surface area contributed by atoms with E-state index in [4.69, 9.17) is 0 Å². The summed E-state index contributed by atoms with van der Waals surface area (Å²) in [5, 5.41) is 3.03. The van der Waals surface area contributed by atoms with Crippen molar-refractivity contribution in [2.45, 2.75) is 18.6 Å². The average molecular weight is 233 g/mol. The molecule has 1 aliphatic heterocycles. The Morgan fingerprint density at radius 3 is 2.75 bits per heavy atom. The molecule has 4 nitrogen and oxygen atoms in total. The number of nitrogens with one attached hydrogen (secondary N) is 1. The van der Waals surface area contributed by atoms with E-state index in [-0.39, 0.29) is 6.04 Å². The molecule has 1 fully saturated rings. The highest BCUT2D eigenvalue weighted by Crippen LogP contribution is 2.26. The van der Waals surface area contributed by atoms with Gasteiger partial charge in [-0.25, -0.2) is 4.98 Å². The quantitative estimate of drug-likeness (QED) is 0.780. The largest absolute Gasteiger partial charge is 0.433 e. The molecule has 1 atom stereocenters. The minimum atomic E-state index is -4.56. The molecule has 1 N–H and O–H groups in total. The van der Waals surface area contributed by atoms with E-state index in [0.29, 0.717) is 12.6 Å². The molecule has 0 aromatic carbocycles. The first-order valence-electron chi connectivity index (χ1n) is 4.84. The zero-order chi connectivity index (χ0) is 11.8. The maximum Gasteiger partial charge on any atom is 0.433 e. The fraction of sp³-hybridized carbons (Fsp3) is 0.556. The van der Waals surface area contributed by atoms with Crippen molar-refractivity contribution in [3.8, 4) is 0 Å². The van der Waals surface area contributed by atoms with Gasteiger partial charge in [0.05, 0.1) is 12.4 Å². The lowest BCUT2D eigenvalue weighted by atomic mass is 10.2. The van der Waals surface area contributed by atoms with Crippen molar-refractivity contribution in [1.82, 2.24) is 14.9 Å². The Morgan fingerprint density at radius 1 is 1.50 bits per heavy atom. The Kier molecular flexibility index (Phi) is 2.71. The minimum Gasteiger partial charge on any atom is -0.315 e. The van der Waals surface area contributed by atoms with Crippen LogP contribution >= 0.6 is 0 Å². The van der Waals surface area contributed by atoms with Gasteiger partial charge in [0, 0.05) is 12.6 Å². The smallest absolute Gasteiger partial charge is 0.315 e. The molecule has 2 rings (SSSR count). The van der Waals surface area contributed by atoms with E-state index in [1.54, 1.807) is 0 Å². The molecule has 0 saturated carbocycles. The van der Waals surface area contributed by atoms with Gasteiger partial charge < -0.3 is 5.32 Å². The zero-order valence-corrected chi connectivity index (χ0v) is 8.29. The molecule has 0 amide bonds. The van der Waals surface area contributed by atoms with Gasteiger partial charge in [-0.05, 0) is 13.0 Å². The molecule has 0 radical (unpaired) electrons. The summed E-state index contributed by atoms with van der Waals surface area (Å²) >= 11 is 0. The van der Waals surface area contributed by atoms with E-state index in [2.05, 4.69) is 10.3 Å². The van der Waals surface area contributed by atoms with Crippen molar-refractivity contribution in [1.29, 1.82) is 0 Å². The van der Waals surface area contributed by atoms with Crippen molar-refractivity contribution in [3.05, 3.63) is 28.4 Å². The summed E-state index contributed by atoms with van der Waals surface area (Å²) in [5.74, 6) is 0. The molecule has 1 aromatic heterocycles. The third-order valence-corrected chi connectivity index (χ3v) is 2.55. The highest BCUT2D eigenvalue weighted by Gasteiger charge is 2.33. The van der Waals surface area contributed by atoms with Crippen molar-refractivity contribution in [2.24, 2.45) is 0 Å². The van der Waals surface area contributed by atoms with Crippen LogP contribution in [0.3, 0.4) is 0 Å². The maximum absolute atomic E-state index is 12.3. The molecule has 1 aliphatic rings. The monoisotopic (exact) mass is 233 g/mol. The van der Waals surface area contributed by atoms with Crippen LogP contribution in [0.5, 0.6) is 0 Å². The highest BCUT2D eigenvalue weighted by atomic mass is 19.4. The van der Waals surface area contributed by atoms with Crippen LogP contribution in [0.15, 0.2) is 17.2 Å². The van der Waals surface area contributed by atoms with Gasteiger partial charge in [-0.3, -0.25) is 9.36 Å². The lowest BCUT2D eigenvalue weighted by molar-refractivity contribution is -0.141. The third kappa shape index (κ3) is 2.08. The number of nitrogens with zero attached hydrogens (tertiary/aromatic N) is 2. The number of aromatic nitrogens is 2. The second-order valence-corrected chi connectivity index (χ2v) is 3.66. The van der Waals surface area contributed by atoms with Gasteiger partial charge in [-0.15, -0.1) is 0 Å². The van der Waals surface area contributed by atoms with E-state index in [1.165, 1.54) is 4.57 Å². The van der Waals surface area contributed by atoms with Gasteiger partial charge >= 0.3 is 6.18 Å². The topological polar surface area (TPSA) is 46.9 Å². The number of rotatable bonds is 1. The van der Waals surface area contributed by atoms with E-state index >= 15 is 0 Å². The molecular formula is C9H10F3N3O. The van der Waals surface area contributed by atoms with Gasteiger partial charge in [-0.2, -0.15) is 13.2 Å². The van der Waals surface area contributed by atoms with Crippen LogP contribution in [0.25, 0.3) is 0 Å². The second kappa shape index (κ2) is 3.89. The molecule has 1 aromatic rings. The van der Waals surface area contributed by atoms with Crippen molar-refractivity contribution < 1.29 is 13.2 Å². The molecule has 16 heavy (non-hydrogen) atoms. The fourth-order valence-corrected chi connectivity index (χ4v) is 1.72. The molecule has 88 valence electrons. The van der Waals surface area contributed by atoms with Crippen LogP contribution in [0.2, 0.25) is 0 Å². The first-order chi connectivity index (χ1) is 7.48. The third-order valence-electron chi connectivity index (χ3n) is 2.55. The number of alkyl halides is 3. The van der Waals surface area contributed by atoms with Gasteiger partial charge in [0.25, 0.3) is 5.56 Å². The van der Waals surface area contributed by atoms with Gasteiger partial charge in [-0.1, -0.05) is 0 Å². The van der Waals surface area contributed by atoms with Crippen molar-refractivity contribution in [2.75, 3.05) is 13.1 Å². The highest BCUT2D eigenvalue weighted by molar-refractivity contribution is 5.04. The summed E-state index contributed by atoms with van der Waals surface area (Å²) in [7, 11) is 0.